The molecule has 0 atom stereocenters. The number of rotatable bonds is 3. The van der Waals surface area contributed by atoms with Gasteiger partial charge in [0.1, 0.15) is 6.26 Å². The molecule has 0 spiro atoms. The first-order chi connectivity index (χ1) is 9.33. The van der Waals surface area contributed by atoms with E-state index in [0.717, 1.165) is 11.1 Å². The molecule has 0 unspecified atom stereocenters. The van der Waals surface area contributed by atoms with Gasteiger partial charge in [-0.2, -0.15) is 0 Å². The van der Waals surface area contributed by atoms with E-state index in [-0.39, 0.29) is 5.56 Å². The van der Waals surface area contributed by atoms with Crippen molar-refractivity contribution in [2.75, 3.05) is 0 Å². The van der Waals surface area contributed by atoms with Gasteiger partial charge in [-0.05, 0) is 17.7 Å². The van der Waals surface area contributed by atoms with E-state index >= 15 is 0 Å². The summed E-state index contributed by atoms with van der Waals surface area (Å²) in [6.07, 6.45) is 6.17. The van der Waals surface area contributed by atoms with E-state index in [4.69, 9.17) is 4.42 Å². The van der Waals surface area contributed by atoms with Crippen molar-refractivity contribution in [3.63, 3.8) is 0 Å². The van der Waals surface area contributed by atoms with Crippen molar-refractivity contribution < 1.29 is 4.42 Å². The predicted octanol–water partition coefficient (Wildman–Crippen LogP) is 1.95. The van der Waals surface area contributed by atoms with Crippen molar-refractivity contribution >= 4 is 0 Å². The van der Waals surface area contributed by atoms with E-state index in [9.17, 15) is 4.79 Å². The summed E-state index contributed by atoms with van der Waals surface area (Å²) < 4.78 is 6.78. The van der Waals surface area contributed by atoms with Crippen molar-refractivity contribution in [2.24, 2.45) is 0 Å². The molecule has 0 fully saturated rings. The third-order valence-corrected chi connectivity index (χ3v) is 2.78. The monoisotopic (exact) mass is 253 g/mol. The SMILES string of the molecule is O=c1ccncn1Cc1ccc(-c2ncco2)cc1. The zero-order valence-corrected chi connectivity index (χ0v) is 10.1. The van der Waals surface area contributed by atoms with Crippen LogP contribution in [0.1, 0.15) is 5.56 Å². The van der Waals surface area contributed by atoms with Gasteiger partial charge in [-0.15, -0.1) is 0 Å². The molecule has 0 aliphatic heterocycles. The highest BCUT2D eigenvalue weighted by molar-refractivity contribution is 5.53. The number of nitrogens with zero attached hydrogens (tertiary/aromatic N) is 3. The third kappa shape index (κ3) is 2.44. The van der Waals surface area contributed by atoms with Gasteiger partial charge in [0.15, 0.2) is 0 Å². The summed E-state index contributed by atoms with van der Waals surface area (Å²) in [5.74, 6) is 0.588. The van der Waals surface area contributed by atoms with Gasteiger partial charge in [-0.3, -0.25) is 9.36 Å². The minimum absolute atomic E-state index is 0.0632. The van der Waals surface area contributed by atoms with Gasteiger partial charge < -0.3 is 4.42 Å². The van der Waals surface area contributed by atoms with Gasteiger partial charge >= 0.3 is 0 Å². The van der Waals surface area contributed by atoms with Gasteiger partial charge in [0.2, 0.25) is 5.89 Å². The normalized spacial score (nSPS) is 10.5. The maximum Gasteiger partial charge on any atom is 0.253 e. The third-order valence-electron chi connectivity index (χ3n) is 2.78. The van der Waals surface area contributed by atoms with Gasteiger partial charge in [-0.1, -0.05) is 12.1 Å². The molecule has 0 saturated heterocycles. The lowest BCUT2D eigenvalue weighted by Gasteiger charge is -2.04. The van der Waals surface area contributed by atoms with Crippen LogP contribution in [0.15, 0.2) is 64.5 Å². The molecule has 94 valence electrons. The molecule has 0 radical (unpaired) electrons. The maximum atomic E-state index is 11.6. The van der Waals surface area contributed by atoms with Crippen molar-refractivity contribution in [1.82, 2.24) is 14.5 Å². The second-order valence-electron chi connectivity index (χ2n) is 4.08. The molecule has 2 heterocycles. The van der Waals surface area contributed by atoms with Crippen LogP contribution in [0.5, 0.6) is 0 Å². The van der Waals surface area contributed by atoms with Crippen LogP contribution in [0.4, 0.5) is 0 Å². The van der Waals surface area contributed by atoms with Crippen LogP contribution in [0.25, 0.3) is 11.5 Å². The molecule has 0 saturated carbocycles. The number of hydrogen-bond acceptors (Lipinski definition) is 4. The first-order valence-electron chi connectivity index (χ1n) is 5.82. The fourth-order valence-corrected chi connectivity index (χ4v) is 1.81. The second-order valence-corrected chi connectivity index (χ2v) is 4.08. The highest BCUT2D eigenvalue weighted by Gasteiger charge is 2.02. The van der Waals surface area contributed by atoms with E-state index in [1.54, 1.807) is 17.0 Å². The van der Waals surface area contributed by atoms with Crippen molar-refractivity contribution in [2.45, 2.75) is 6.54 Å². The topological polar surface area (TPSA) is 60.9 Å². The van der Waals surface area contributed by atoms with Crippen LogP contribution >= 0.6 is 0 Å². The first-order valence-corrected chi connectivity index (χ1v) is 5.82. The molecule has 3 aromatic rings. The molecule has 2 aromatic heterocycles. The van der Waals surface area contributed by atoms with Crippen LogP contribution in [0.2, 0.25) is 0 Å². The summed E-state index contributed by atoms with van der Waals surface area (Å²) in [5, 5.41) is 0. The molecular formula is C14H11N3O2. The average Bonchev–Trinajstić information content (AvgIpc) is 2.96. The Balaban J connectivity index is 1.84. The standard InChI is InChI=1S/C14H11N3O2/c18-13-5-6-15-10-17(13)9-11-1-3-12(4-2-11)14-16-7-8-19-14/h1-8,10H,9H2. The lowest BCUT2D eigenvalue weighted by molar-refractivity contribution is 0.574. The van der Waals surface area contributed by atoms with Gasteiger partial charge in [0.05, 0.1) is 19.1 Å². The fraction of sp³-hybridized carbons (Fsp3) is 0.0714. The summed E-state index contributed by atoms with van der Waals surface area (Å²) in [6.45, 7) is 0.499. The molecule has 0 aliphatic rings. The Kier molecular flexibility index (Phi) is 2.94. The van der Waals surface area contributed by atoms with Crippen molar-refractivity contribution in [1.29, 1.82) is 0 Å². The Labute approximate surface area is 109 Å². The lowest BCUT2D eigenvalue weighted by Crippen LogP contribution is -2.19. The summed E-state index contributed by atoms with van der Waals surface area (Å²) in [5.41, 5.74) is 1.87. The van der Waals surface area contributed by atoms with Gasteiger partial charge in [0, 0.05) is 17.8 Å². The Hall–Kier alpha value is -2.69. The molecule has 5 nitrogen and oxygen atoms in total. The number of oxazole rings is 1. The van der Waals surface area contributed by atoms with Crippen LogP contribution < -0.4 is 5.56 Å². The van der Waals surface area contributed by atoms with Crippen LogP contribution in [-0.4, -0.2) is 14.5 Å². The zero-order chi connectivity index (χ0) is 13.1. The van der Waals surface area contributed by atoms with Crippen molar-refractivity contribution in [3.8, 4) is 11.5 Å². The van der Waals surface area contributed by atoms with E-state index in [1.807, 2.05) is 24.3 Å². The number of hydrogen-bond donors (Lipinski definition) is 0. The molecule has 1 aromatic carbocycles. The molecule has 19 heavy (non-hydrogen) atoms. The molecule has 3 rings (SSSR count). The first kappa shape index (κ1) is 11.4. The largest absolute Gasteiger partial charge is 0.445 e. The zero-order valence-electron chi connectivity index (χ0n) is 10.1. The highest BCUT2D eigenvalue weighted by Crippen LogP contribution is 2.17. The molecule has 0 bridgehead atoms. The summed E-state index contributed by atoms with van der Waals surface area (Å²) in [7, 11) is 0. The maximum absolute atomic E-state index is 11.6. The molecule has 0 N–H and O–H groups in total. The predicted molar refractivity (Wildman–Crippen MR) is 69.5 cm³/mol. The van der Waals surface area contributed by atoms with Crippen molar-refractivity contribution in [3.05, 3.63) is 71.2 Å². The number of benzene rings is 1. The minimum Gasteiger partial charge on any atom is -0.445 e. The van der Waals surface area contributed by atoms with Crippen LogP contribution in [-0.2, 0) is 6.54 Å². The van der Waals surface area contributed by atoms with E-state index in [0.29, 0.717) is 12.4 Å². The second kappa shape index (κ2) is 4.89. The quantitative estimate of drug-likeness (QED) is 0.715. The van der Waals surface area contributed by atoms with E-state index < -0.39 is 0 Å². The smallest absolute Gasteiger partial charge is 0.253 e. The molecule has 5 heteroatoms. The Morgan fingerprint density at radius 1 is 1.11 bits per heavy atom. The highest BCUT2D eigenvalue weighted by atomic mass is 16.3. The summed E-state index contributed by atoms with van der Waals surface area (Å²) >= 11 is 0. The Morgan fingerprint density at radius 3 is 2.63 bits per heavy atom. The number of aromatic nitrogens is 3. The summed E-state index contributed by atoms with van der Waals surface area (Å²) in [6, 6.07) is 9.17. The average molecular weight is 253 g/mol. The van der Waals surface area contributed by atoms with Gasteiger partial charge in [-0.25, -0.2) is 9.97 Å². The Bertz CT molecular complexity index is 715. The van der Waals surface area contributed by atoms with E-state index in [2.05, 4.69) is 9.97 Å². The van der Waals surface area contributed by atoms with Crippen LogP contribution in [0, 0.1) is 0 Å². The Morgan fingerprint density at radius 2 is 1.95 bits per heavy atom. The molecule has 0 aliphatic carbocycles. The minimum atomic E-state index is -0.0632. The van der Waals surface area contributed by atoms with E-state index in [1.165, 1.54) is 18.6 Å². The fourth-order valence-electron chi connectivity index (χ4n) is 1.81. The molecular weight excluding hydrogens is 242 g/mol. The summed E-state index contributed by atoms with van der Waals surface area (Å²) in [4.78, 5) is 19.6. The van der Waals surface area contributed by atoms with Gasteiger partial charge in [0.25, 0.3) is 5.56 Å². The lowest BCUT2D eigenvalue weighted by atomic mass is 10.1. The van der Waals surface area contributed by atoms with Crippen LogP contribution in [0.3, 0.4) is 0 Å². The molecule has 0 amide bonds.